The van der Waals surface area contributed by atoms with Crippen LogP contribution in [0.15, 0.2) is 41.1 Å². The third-order valence-electron chi connectivity index (χ3n) is 2.82. The molecular formula is C14H10FN3O3. The standard InChI is InChI=1S/C14H10FN3O3/c1-20-9-3-5-12(19)10(6-9)14-17-13(18-21-14)11-4-2-8(15)7-16-11/h2-7,19H,1H3. The van der Waals surface area contributed by atoms with Crippen molar-refractivity contribution in [3.05, 3.63) is 42.3 Å². The lowest BCUT2D eigenvalue weighted by Crippen LogP contribution is -1.87. The monoisotopic (exact) mass is 287 g/mol. The number of pyridine rings is 1. The number of aromatic hydroxyl groups is 1. The molecule has 0 radical (unpaired) electrons. The van der Waals surface area contributed by atoms with Crippen molar-refractivity contribution < 1.29 is 18.8 Å². The van der Waals surface area contributed by atoms with E-state index in [1.54, 1.807) is 12.1 Å². The summed E-state index contributed by atoms with van der Waals surface area (Å²) in [5.41, 5.74) is 0.712. The fourth-order valence-electron chi connectivity index (χ4n) is 1.76. The number of phenolic OH excluding ortho intramolecular Hbond substituents is 1. The maximum atomic E-state index is 12.8. The van der Waals surface area contributed by atoms with Crippen molar-refractivity contribution in [2.45, 2.75) is 0 Å². The van der Waals surface area contributed by atoms with Crippen LogP contribution in [0.25, 0.3) is 23.0 Å². The first-order valence-corrected chi connectivity index (χ1v) is 6.00. The number of rotatable bonds is 3. The Labute approximate surface area is 118 Å². The van der Waals surface area contributed by atoms with E-state index >= 15 is 0 Å². The van der Waals surface area contributed by atoms with Crippen LogP contribution in [0.3, 0.4) is 0 Å². The van der Waals surface area contributed by atoms with Gasteiger partial charge in [-0.3, -0.25) is 0 Å². The van der Waals surface area contributed by atoms with Gasteiger partial charge in [0, 0.05) is 0 Å². The molecule has 21 heavy (non-hydrogen) atoms. The third kappa shape index (κ3) is 2.53. The van der Waals surface area contributed by atoms with Crippen molar-refractivity contribution in [1.82, 2.24) is 15.1 Å². The molecule has 106 valence electrons. The van der Waals surface area contributed by atoms with E-state index in [1.165, 1.54) is 25.3 Å². The molecule has 0 unspecified atom stereocenters. The average molecular weight is 287 g/mol. The van der Waals surface area contributed by atoms with Gasteiger partial charge in [0.05, 0.1) is 18.9 Å². The highest BCUT2D eigenvalue weighted by Gasteiger charge is 2.15. The summed E-state index contributed by atoms with van der Waals surface area (Å²) < 4.78 is 23.0. The molecule has 2 aromatic heterocycles. The van der Waals surface area contributed by atoms with Crippen LogP contribution in [-0.4, -0.2) is 27.3 Å². The zero-order valence-corrected chi connectivity index (χ0v) is 10.9. The molecule has 0 atom stereocenters. The number of phenols is 1. The van der Waals surface area contributed by atoms with E-state index < -0.39 is 5.82 Å². The zero-order chi connectivity index (χ0) is 14.8. The number of aromatic nitrogens is 3. The minimum absolute atomic E-state index is 0.0157. The zero-order valence-electron chi connectivity index (χ0n) is 10.9. The number of halogens is 1. The maximum absolute atomic E-state index is 12.8. The van der Waals surface area contributed by atoms with Crippen LogP contribution in [0.5, 0.6) is 11.5 Å². The van der Waals surface area contributed by atoms with Crippen LogP contribution in [0.4, 0.5) is 4.39 Å². The molecule has 0 fully saturated rings. The Morgan fingerprint density at radius 2 is 2.10 bits per heavy atom. The largest absolute Gasteiger partial charge is 0.507 e. The highest BCUT2D eigenvalue weighted by molar-refractivity contribution is 5.66. The molecule has 7 heteroatoms. The first-order chi connectivity index (χ1) is 10.2. The summed E-state index contributed by atoms with van der Waals surface area (Å²) in [6.45, 7) is 0. The molecule has 2 heterocycles. The van der Waals surface area contributed by atoms with Gasteiger partial charge in [0.1, 0.15) is 23.0 Å². The number of nitrogens with zero attached hydrogens (tertiary/aromatic N) is 3. The molecule has 0 aliphatic rings. The second kappa shape index (κ2) is 5.20. The lowest BCUT2D eigenvalue weighted by atomic mass is 10.2. The first-order valence-electron chi connectivity index (χ1n) is 6.00. The van der Waals surface area contributed by atoms with Crippen LogP contribution in [0.1, 0.15) is 0 Å². The van der Waals surface area contributed by atoms with Crippen molar-refractivity contribution in [3.8, 4) is 34.5 Å². The van der Waals surface area contributed by atoms with Crippen molar-refractivity contribution in [3.63, 3.8) is 0 Å². The quantitative estimate of drug-likeness (QED) is 0.797. The Bertz CT molecular complexity index is 771. The molecule has 0 saturated heterocycles. The molecule has 1 N–H and O–H groups in total. The van der Waals surface area contributed by atoms with Gasteiger partial charge in [0.25, 0.3) is 5.89 Å². The highest BCUT2D eigenvalue weighted by Crippen LogP contribution is 2.32. The molecule has 0 aliphatic carbocycles. The van der Waals surface area contributed by atoms with Crippen molar-refractivity contribution in [2.24, 2.45) is 0 Å². The highest BCUT2D eigenvalue weighted by atomic mass is 19.1. The predicted octanol–water partition coefficient (Wildman–Crippen LogP) is 2.65. The summed E-state index contributed by atoms with van der Waals surface area (Å²) in [6, 6.07) is 7.34. The van der Waals surface area contributed by atoms with E-state index in [9.17, 15) is 9.50 Å². The maximum Gasteiger partial charge on any atom is 0.262 e. The number of methoxy groups -OCH3 is 1. The molecule has 0 aliphatic heterocycles. The Hall–Kier alpha value is -2.96. The summed E-state index contributed by atoms with van der Waals surface area (Å²) >= 11 is 0. The normalized spacial score (nSPS) is 10.6. The smallest absolute Gasteiger partial charge is 0.262 e. The van der Waals surface area contributed by atoms with E-state index in [1.807, 2.05) is 0 Å². The summed E-state index contributed by atoms with van der Waals surface area (Å²) in [6.07, 6.45) is 1.06. The number of hydrogen-bond acceptors (Lipinski definition) is 6. The van der Waals surface area contributed by atoms with Crippen molar-refractivity contribution in [2.75, 3.05) is 7.11 Å². The number of ether oxygens (including phenoxy) is 1. The van der Waals surface area contributed by atoms with Gasteiger partial charge >= 0.3 is 0 Å². The van der Waals surface area contributed by atoms with Gasteiger partial charge in [0.2, 0.25) is 5.82 Å². The summed E-state index contributed by atoms with van der Waals surface area (Å²) in [4.78, 5) is 8.00. The third-order valence-corrected chi connectivity index (χ3v) is 2.82. The molecule has 3 aromatic rings. The molecule has 3 rings (SSSR count). The molecule has 0 bridgehead atoms. The second-order valence-electron chi connectivity index (χ2n) is 4.17. The van der Waals surface area contributed by atoms with E-state index in [0.717, 1.165) is 6.20 Å². The average Bonchev–Trinajstić information content (AvgIpc) is 2.98. The van der Waals surface area contributed by atoms with Crippen molar-refractivity contribution in [1.29, 1.82) is 0 Å². The number of benzene rings is 1. The lowest BCUT2D eigenvalue weighted by Gasteiger charge is -2.02. The Morgan fingerprint density at radius 1 is 1.24 bits per heavy atom. The first kappa shape index (κ1) is 13.0. The molecule has 1 aromatic carbocycles. The van der Waals surface area contributed by atoms with Gasteiger partial charge < -0.3 is 14.4 Å². The fourth-order valence-corrected chi connectivity index (χ4v) is 1.76. The molecule has 6 nitrogen and oxygen atoms in total. The van der Waals surface area contributed by atoms with Gasteiger partial charge in [-0.15, -0.1) is 0 Å². The Balaban J connectivity index is 2.00. The lowest BCUT2D eigenvalue weighted by molar-refractivity contribution is 0.408. The van der Waals surface area contributed by atoms with Crippen LogP contribution in [-0.2, 0) is 0 Å². The van der Waals surface area contributed by atoms with E-state index in [0.29, 0.717) is 17.0 Å². The summed E-state index contributed by atoms with van der Waals surface area (Å²) in [7, 11) is 1.51. The Morgan fingerprint density at radius 3 is 2.81 bits per heavy atom. The second-order valence-corrected chi connectivity index (χ2v) is 4.17. The molecule has 0 saturated carbocycles. The van der Waals surface area contributed by atoms with Crippen LogP contribution >= 0.6 is 0 Å². The van der Waals surface area contributed by atoms with E-state index in [4.69, 9.17) is 9.26 Å². The number of hydrogen-bond donors (Lipinski definition) is 1. The van der Waals surface area contributed by atoms with Gasteiger partial charge in [-0.2, -0.15) is 4.98 Å². The molecule has 0 spiro atoms. The van der Waals surface area contributed by atoms with Gasteiger partial charge in [0.15, 0.2) is 0 Å². The van der Waals surface area contributed by atoms with Gasteiger partial charge in [-0.1, -0.05) is 5.16 Å². The Kier molecular flexibility index (Phi) is 3.23. The fraction of sp³-hybridized carbons (Fsp3) is 0.0714. The summed E-state index contributed by atoms with van der Waals surface area (Å²) in [5.74, 6) is 0.396. The van der Waals surface area contributed by atoms with E-state index in [-0.39, 0.29) is 17.5 Å². The van der Waals surface area contributed by atoms with Gasteiger partial charge in [-0.05, 0) is 30.3 Å². The predicted molar refractivity (Wildman–Crippen MR) is 71.1 cm³/mol. The minimum Gasteiger partial charge on any atom is -0.507 e. The minimum atomic E-state index is -0.451. The summed E-state index contributed by atoms with van der Waals surface area (Å²) in [5, 5.41) is 13.6. The SMILES string of the molecule is COc1ccc(O)c(-c2nc(-c3ccc(F)cn3)no2)c1. The molecule has 0 amide bonds. The molecular weight excluding hydrogens is 277 g/mol. The topological polar surface area (TPSA) is 81.3 Å². The van der Waals surface area contributed by atoms with E-state index in [2.05, 4.69) is 15.1 Å². The van der Waals surface area contributed by atoms with Gasteiger partial charge in [-0.25, -0.2) is 9.37 Å². The van der Waals surface area contributed by atoms with Crippen molar-refractivity contribution >= 4 is 0 Å². The van der Waals surface area contributed by atoms with Crippen LogP contribution < -0.4 is 4.74 Å². The van der Waals surface area contributed by atoms with Crippen LogP contribution in [0.2, 0.25) is 0 Å². The van der Waals surface area contributed by atoms with Crippen LogP contribution in [0, 0.1) is 5.82 Å².